The number of likely N-dealkylation sites (tertiary alicyclic amines) is 1. The standard InChI is InChI=1S/C18H24BrNO4/c1-4-5-24-17-15(19)7-13(8-16(17)23-3)10-20-9-12(2)6-14(11-20)18(21)22/h4,7-8,12,14H,1,5-6,9-11H2,2-3H3,(H,21,22). The number of methoxy groups -OCH3 is 1. The van der Waals surface area contributed by atoms with Gasteiger partial charge in [0.25, 0.3) is 0 Å². The average Bonchev–Trinajstić information content (AvgIpc) is 2.52. The summed E-state index contributed by atoms with van der Waals surface area (Å²) in [7, 11) is 1.61. The molecule has 1 aliphatic rings. The summed E-state index contributed by atoms with van der Waals surface area (Å²) in [5.41, 5.74) is 1.06. The van der Waals surface area contributed by atoms with Crippen molar-refractivity contribution in [3.8, 4) is 11.5 Å². The van der Waals surface area contributed by atoms with Gasteiger partial charge in [0.1, 0.15) is 6.61 Å². The average molecular weight is 398 g/mol. The molecule has 0 aliphatic carbocycles. The Labute approximate surface area is 151 Å². The quantitative estimate of drug-likeness (QED) is 0.712. The SMILES string of the molecule is C=CCOc1c(Br)cc(CN2CC(C)CC(C(=O)O)C2)cc1OC. The van der Waals surface area contributed by atoms with Crippen molar-refractivity contribution in [1.82, 2.24) is 4.90 Å². The fourth-order valence-electron chi connectivity index (χ4n) is 3.17. The summed E-state index contributed by atoms with van der Waals surface area (Å²) in [6, 6.07) is 3.94. The van der Waals surface area contributed by atoms with Gasteiger partial charge in [-0.1, -0.05) is 19.6 Å². The molecule has 1 N–H and O–H groups in total. The lowest BCUT2D eigenvalue weighted by molar-refractivity contribution is -0.144. The van der Waals surface area contributed by atoms with E-state index in [1.165, 1.54) is 0 Å². The predicted molar refractivity (Wildman–Crippen MR) is 96.6 cm³/mol. The minimum Gasteiger partial charge on any atom is -0.493 e. The van der Waals surface area contributed by atoms with E-state index < -0.39 is 5.97 Å². The number of carboxylic acid groups (broad SMARTS) is 1. The number of benzene rings is 1. The fourth-order valence-corrected chi connectivity index (χ4v) is 3.78. The van der Waals surface area contributed by atoms with E-state index in [-0.39, 0.29) is 5.92 Å². The van der Waals surface area contributed by atoms with Crippen LogP contribution in [0.3, 0.4) is 0 Å². The van der Waals surface area contributed by atoms with Gasteiger partial charge in [-0.15, -0.1) is 0 Å². The minimum absolute atomic E-state index is 0.297. The smallest absolute Gasteiger partial charge is 0.307 e. The third-order valence-corrected chi connectivity index (χ3v) is 4.71. The van der Waals surface area contributed by atoms with Crippen LogP contribution in [0, 0.1) is 11.8 Å². The Morgan fingerprint density at radius 3 is 2.88 bits per heavy atom. The molecular formula is C18H24BrNO4. The van der Waals surface area contributed by atoms with Crippen molar-refractivity contribution >= 4 is 21.9 Å². The number of halogens is 1. The molecular weight excluding hydrogens is 374 g/mol. The number of ether oxygens (including phenoxy) is 2. The lowest BCUT2D eigenvalue weighted by Crippen LogP contribution is -2.41. The van der Waals surface area contributed by atoms with Crippen LogP contribution in [-0.2, 0) is 11.3 Å². The van der Waals surface area contributed by atoms with E-state index in [4.69, 9.17) is 9.47 Å². The van der Waals surface area contributed by atoms with Crippen LogP contribution in [0.25, 0.3) is 0 Å². The molecule has 2 rings (SSSR count). The maximum absolute atomic E-state index is 11.3. The first kappa shape index (κ1) is 18.8. The molecule has 1 aromatic carbocycles. The number of hydrogen-bond donors (Lipinski definition) is 1. The summed E-state index contributed by atoms with van der Waals surface area (Å²) in [5.74, 6) is 0.672. The summed E-state index contributed by atoms with van der Waals surface area (Å²) in [6.07, 6.45) is 2.42. The zero-order valence-electron chi connectivity index (χ0n) is 14.1. The third kappa shape index (κ3) is 4.74. The van der Waals surface area contributed by atoms with E-state index in [0.29, 0.717) is 37.1 Å². The molecule has 1 fully saturated rings. The Kier molecular flexibility index (Phi) is 6.69. The van der Waals surface area contributed by atoms with Crippen LogP contribution in [0.1, 0.15) is 18.9 Å². The largest absolute Gasteiger partial charge is 0.493 e. The first-order valence-electron chi connectivity index (χ1n) is 7.99. The topological polar surface area (TPSA) is 59.0 Å². The van der Waals surface area contributed by atoms with Gasteiger partial charge in [0.15, 0.2) is 11.5 Å². The van der Waals surface area contributed by atoms with Crippen molar-refractivity contribution in [1.29, 1.82) is 0 Å². The highest BCUT2D eigenvalue weighted by molar-refractivity contribution is 9.10. The lowest BCUT2D eigenvalue weighted by Gasteiger charge is -2.34. The van der Waals surface area contributed by atoms with Gasteiger partial charge in [0.2, 0.25) is 0 Å². The van der Waals surface area contributed by atoms with Crippen molar-refractivity contribution in [2.75, 3.05) is 26.8 Å². The summed E-state index contributed by atoms with van der Waals surface area (Å²) in [4.78, 5) is 13.5. The second kappa shape index (κ2) is 8.53. The van der Waals surface area contributed by atoms with Gasteiger partial charge < -0.3 is 14.6 Å². The molecule has 5 nitrogen and oxygen atoms in total. The Morgan fingerprint density at radius 1 is 1.50 bits per heavy atom. The van der Waals surface area contributed by atoms with E-state index in [1.54, 1.807) is 13.2 Å². The Morgan fingerprint density at radius 2 is 2.25 bits per heavy atom. The molecule has 0 spiro atoms. The van der Waals surface area contributed by atoms with Crippen LogP contribution >= 0.6 is 15.9 Å². The van der Waals surface area contributed by atoms with E-state index >= 15 is 0 Å². The highest BCUT2D eigenvalue weighted by atomic mass is 79.9. The molecule has 132 valence electrons. The number of carboxylic acids is 1. The summed E-state index contributed by atoms with van der Waals surface area (Å²) < 4.78 is 11.9. The number of rotatable bonds is 7. The highest BCUT2D eigenvalue weighted by Gasteiger charge is 2.29. The van der Waals surface area contributed by atoms with Gasteiger partial charge in [0, 0.05) is 19.6 Å². The fraction of sp³-hybridized carbons (Fsp3) is 0.500. The van der Waals surface area contributed by atoms with Gasteiger partial charge in [-0.25, -0.2) is 0 Å². The van der Waals surface area contributed by atoms with E-state index in [1.807, 2.05) is 12.1 Å². The first-order valence-corrected chi connectivity index (χ1v) is 8.79. The number of nitrogens with zero attached hydrogens (tertiary/aromatic N) is 1. The van der Waals surface area contributed by atoms with Crippen LogP contribution in [0.4, 0.5) is 0 Å². The Bertz CT molecular complexity index is 605. The number of piperidine rings is 1. The van der Waals surface area contributed by atoms with Crippen LogP contribution < -0.4 is 9.47 Å². The number of aliphatic carboxylic acids is 1. The molecule has 1 aliphatic heterocycles. The lowest BCUT2D eigenvalue weighted by atomic mass is 9.90. The number of carbonyl (C=O) groups is 1. The minimum atomic E-state index is -0.710. The van der Waals surface area contributed by atoms with Crippen LogP contribution in [0.15, 0.2) is 29.3 Å². The van der Waals surface area contributed by atoms with E-state index in [9.17, 15) is 9.90 Å². The molecule has 2 atom stereocenters. The monoisotopic (exact) mass is 397 g/mol. The summed E-state index contributed by atoms with van der Waals surface area (Å²) in [5, 5.41) is 9.31. The van der Waals surface area contributed by atoms with Gasteiger partial charge in [-0.05, 0) is 46.0 Å². The van der Waals surface area contributed by atoms with E-state index in [0.717, 1.165) is 23.0 Å². The molecule has 1 heterocycles. The second-order valence-corrected chi connectivity index (χ2v) is 7.13. The zero-order chi connectivity index (χ0) is 17.7. The molecule has 6 heteroatoms. The van der Waals surface area contributed by atoms with Gasteiger partial charge >= 0.3 is 5.97 Å². The van der Waals surface area contributed by atoms with Crippen LogP contribution in [-0.4, -0.2) is 42.8 Å². The molecule has 1 saturated heterocycles. The predicted octanol–water partition coefficient (Wildman–Crippen LogP) is 3.57. The molecule has 0 saturated carbocycles. The Balaban J connectivity index is 2.15. The van der Waals surface area contributed by atoms with Crippen molar-refractivity contribution < 1.29 is 19.4 Å². The molecule has 24 heavy (non-hydrogen) atoms. The zero-order valence-corrected chi connectivity index (χ0v) is 15.7. The molecule has 0 aromatic heterocycles. The van der Waals surface area contributed by atoms with Gasteiger partial charge in [-0.2, -0.15) is 0 Å². The van der Waals surface area contributed by atoms with Crippen molar-refractivity contribution in [2.24, 2.45) is 11.8 Å². The van der Waals surface area contributed by atoms with Crippen LogP contribution in [0.2, 0.25) is 0 Å². The summed E-state index contributed by atoms with van der Waals surface area (Å²) >= 11 is 3.53. The first-order chi connectivity index (χ1) is 11.4. The molecule has 1 aromatic rings. The van der Waals surface area contributed by atoms with Crippen molar-refractivity contribution in [2.45, 2.75) is 19.9 Å². The van der Waals surface area contributed by atoms with Crippen molar-refractivity contribution in [3.05, 3.63) is 34.8 Å². The van der Waals surface area contributed by atoms with Gasteiger partial charge in [-0.3, -0.25) is 9.69 Å². The number of hydrogen-bond acceptors (Lipinski definition) is 4. The van der Waals surface area contributed by atoms with Crippen molar-refractivity contribution in [3.63, 3.8) is 0 Å². The molecule has 0 bridgehead atoms. The Hall–Kier alpha value is -1.53. The second-order valence-electron chi connectivity index (χ2n) is 6.28. The highest BCUT2D eigenvalue weighted by Crippen LogP contribution is 2.37. The van der Waals surface area contributed by atoms with Gasteiger partial charge in [0.05, 0.1) is 17.5 Å². The summed E-state index contributed by atoms with van der Waals surface area (Å²) in [6.45, 7) is 8.32. The van der Waals surface area contributed by atoms with E-state index in [2.05, 4.69) is 34.3 Å². The normalized spacial score (nSPS) is 21.3. The maximum Gasteiger partial charge on any atom is 0.307 e. The molecule has 0 amide bonds. The third-order valence-electron chi connectivity index (χ3n) is 4.13. The van der Waals surface area contributed by atoms with Crippen LogP contribution in [0.5, 0.6) is 11.5 Å². The molecule has 2 unspecified atom stereocenters. The molecule has 0 radical (unpaired) electrons. The maximum atomic E-state index is 11.3.